The second-order valence-electron chi connectivity index (χ2n) is 5.33. The number of hydrogen-bond acceptors (Lipinski definition) is 2. The summed E-state index contributed by atoms with van der Waals surface area (Å²) >= 11 is 0. The van der Waals surface area contributed by atoms with Crippen LogP contribution in [0.15, 0.2) is 48.5 Å². The van der Waals surface area contributed by atoms with Gasteiger partial charge in [-0.25, -0.2) is 0 Å². The summed E-state index contributed by atoms with van der Waals surface area (Å²) in [6.07, 6.45) is -4.01. The lowest BCUT2D eigenvalue weighted by molar-refractivity contribution is -0.137. The van der Waals surface area contributed by atoms with Gasteiger partial charge in [0.2, 0.25) is 0 Å². The van der Waals surface area contributed by atoms with Crippen molar-refractivity contribution in [3.8, 4) is 0 Å². The van der Waals surface area contributed by atoms with Gasteiger partial charge in [0.1, 0.15) is 0 Å². The number of carbonyl (C=O) groups excluding carboxylic acids is 2. The number of alkyl halides is 3. The molecule has 0 spiro atoms. The molecule has 0 saturated carbocycles. The maximum atomic E-state index is 13.0. The number of halogens is 3. The van der Waals surface area contributed by atoms with Crippen molar-refractivity contribution < 1.29 is 22.8 Å². The van der Waals surface area contributed by atoms with Gasteiger partial charge in [-0.1, -0.05) is 30.3 Å². The highest BCUT2D eigenvalue weighted by Crippen LogP contribution is 2.34. The predicted octanol–water partition coefficient (Wildman–Crippen LogP) is 3.23. The minimum absolute atomic E-state index is 0.326. The van der Waals surface area contributed by atoms with Gasteiger partial charge in [0.25, 0.3) is 0 Å². The fourth-order valence-electron chi connectivity index (χ4n) is 2.69. The third-order valence-electron chi connectivity index (χ3n) is 3.81. The number of fused-ring (bicyclic) bond motifs is 1. The molecule has 2 aromatic carbocycles. The van der Waals surface area contributed by atoms with Crippen molar-refractivity contribution in [2.45, 2.75) is 12.6 Å². The van der Waals surface area contributed by atoms with Crippen LogP contribution in [-0.2, 0) is 22.2 Å². The molecule has 1 N–H and O–H groups in total. The summed E-state index contributed by atoms with van der Waals surface area (Å²) in [6.45, 7) is 0.326. The van der Waals surface area contributed by atoms with Crippen molar-refractivity contribution in [3.05, 3.63) is 59.7 Å². The number of anilines is 2. The number of para-hydroxylation sites is 2. The van der Waals surface area contributed by atoms with E-state index in [9.17, 15) is 22.8 Å². The van der Waals surface area contributed by atoms with Gasteiger partial charge < -0.3 is 10.2 Å². The van der Waals surface area contributed by atoms with E-state index in [1.807, 2.05) is 12.1 Å². The summed E-state index contributed by atoms with van der Waals surface area (Å²) in [4.78, 5) is 25.7. The number of hydrogen-bond donors (Lipinski definition) is 1. The SMILES string of the molecule is O=C(Nc1ccccc1C(F)(F)F)C(=O)N1CCc2ccccc21. The van der Waals surface area contributed by atoms with Gasteiger partial charge in [-0.05, 0) is 30.2 Å². The quantitative estimate of drug-likeness (QED) is 0.814. The molecule has 24 heavy (non-hydrogen) atoms. The van der Waals surface area contributed by atoms with Gasteiger partial charge in [-0.15, -0.1) is 0 Å². The van der Waals surface area contributed by atoms with Crippen LogP contribution in [-0.4, -0.2) is 18.4 Å². The lowest BCUT2D eigenvalue weighted by Gasteiger charge is -2.18. The molecule has 3 rings (SSSR count). The van der Waals surface area contributed by atoms with Crippen LogP contribution in [0.1, 0.15) is 11.1 Å². The van der Waals surface area contributed by atoms with E-state index in [0.29, 0.717) is 18.7 Å². The highest BCUT2D eigenvalue weighted by atomic mass is 19.4. The Balaban J connectivity index is 1.81. The first kappa shape index (κ1) is 16.0. The third kappa shape index (κ3) is 2.97. The van der Waals surface area contributed by atoms with E-state index < -0.39 is 29.2 Å². The van der Waals surface area contributed by atoms with Crippen molar-refractivity contribution in [2.75, 3.05) is 16.8 Å². The zero-order valence-corrected chi connectivity index (χ0v) is 12.4. The number of nitrogens with zero attached hydrogens (tertiary/aromatic N) is 1. The average molecular weight is 334 g/mol. The largest absolute Gasteiger partial charge is 0.418 e. The molecule has 0 aromatic heterocycles. The summed E-state index contributed by atoms with van der Waals surface area (Å²) in [5.41, 5.74) is 0.111. The number of benzene rings is 2. The van der Waals surface area contributed by atoms with Gasteiger partial charge in [-0.2, -0.15) is 13.2 Å². The maximum Gasteiger partial charge on any atom is 0.418 e. The zero-order valence-electron chi connectivity index (χ0n) is 12.4. The molecular weight excluding hydrogens is 321 g/mol. The Labute approximate surface area is 135 Å². The first-order valence-corrected chi connectivity index (χ1v) is 7.25. The van der Waals surface area contributed by atoms with E-state index in [1.165, 1.54) is 17.0 Å². The molecule has 1 aliphatic heterocycles. The average Bonchev–Trinajstić information content (AvgIpc) is 2.97. The van der Waals surface area contributed by atoms with Gasteiger partial charge in [0.05, 0.1) is 11.3 Å². The Kier molecular flexibility index (Phi) is 4.01. The van der Waals surface area contributed by atoms with Gasteiger partial charge in [0, 0.05) is 12.2 Å². The van der Waals surface area contributed by atoms with Crippen molar-refractivity contribution in [1.29, 1.82) is 0 Å². The molecule has 0 fully saturated rings. The Morgan fingerprint density at radius 1 is 1.00 bits per heavy atom. The number of amides is 2. The minimum atomic E-state index is -4.62. The van der Waals surface area contributed by atoms with Crippen LogP contribution in [0.3, 0.4) is 0 Å². The van der Waals surface area contributed by atoms with Crippen LogP contribution in [0, 0.1) is 0 Å². The van der Waals surface area contributed by atoms with Crippen LogP contribution < -0.4 is 10.2 Å². The summed E-state index contributed by atoms with van der Waals surface area (Å²) in [5.74, 6) is -1.97. The Morgan fingerprint density at radius 3 is 2.42 bits per heavy atom. The Bertz CT molecular complexity index is 802. The third-order valence-corrected chi connectivity index (χ3v) is 3.81. The summed E-state index contributed by atoms with van der Waals surface area (Å²) in [5, 5.41) is 2.07. The van der Waals surface area contributed by atoms with E-state index in [2.05, 4.69) is 5.32 Å². The fourth-order valence-corrected chi connectivity index (χ4v) is 2.69. The first-order chi connectivity index (χ1) is 11.4. The molecule has 124 valence electrons. The molecule has 2 aromatic rings. The van der Waals surface area contributed by atoms with Crippen LogP contribution in [0.25, 0.3) is 0 Å². The van der Waals surface area contributed by atoms with E-state index in [4.69, 9.17) is 0 Å². The van der Waals surface area contributed by atoms with Crippen LogP contribution in [0.2, 0.25) is 0 Å². The van der Waals surface area contributed by atoms with Crippen LogP contribution >= 0.6 is 0 Å². The lowest BCUT2D eigenvalue weighted by atomic mass is 10.1. The standard InChI is InChI=1S/C17H13F3N2O2/c18-17(19,20)12-6-2-3-7-13(12)21-15(23)16(24)22-10-9-11-5-1-4-8-14(11)22/h1-8H,9-10H2,(H,21,23). The summed E-state index contributed by atoms with van der Waals surface area (Å²) < 4.78 is 38.9. The molecule has 0 bridgehead atoms. The molecule has 0 unspecified atom stereocenters. The van der Waals surface area contributed by atoms with Crippen molar-refractivity contribution in [1.82, 2.24) is 0 Å². The fraction of sp³-hybridized carbons (Fsp3) is 0.176. The Morgan fingerprint density at radius 2 is 1.67 bits per heavy atom. The molecular formula is C17H13F3N2O2. The molecule has 0 saturated heterocycles. The second-order valence-corrected chi connectivity index (χ2v) is 5.33. The Hall–Kier alpha value is -2.83. The van der Waals surface area contributed by atoms with E-state index in [-0.39, 0.29) is 0 Å². The van der Waals surface area contributed by atoms with E-state index in [1.54, 1.807) is 12.1 Å². The topological polar surface area (TPSA) is 49.4 Å². The summed E-state index contributed by atoms with van der Waals surface area (Å²) in [7, 11) is 0. The van der Waals surface area contributed by atoms with Gasteiger partial charge >= 0.3 is 18.0 Å². The van der Waals surface area contributed by atoms with Crippen molar-refractivity contribution in [2.24, 2.45) is 0 Å². The van der Waals surface area contributed by atoms with Gasteiger partial charge in [-0.3, -0.25) is 9.59 Å². The minimum Gasteiger partial charge on any atom is -0.317 e. The van der Waals surface area contributed by atoms with Crippen LogP contribution in [0.5, 0.6) is 0 Å². The number of carbonyl (C=O) groups is 2. The highest BCUT2D eigenvalue weighted by molar-refractivity contribution is 6.44. The van der Waals surface area contributed by atoms with E-state index >= 15 is 0 Å². The van der Waals surface area contributed by atoms with E-state index in [0.717, 1.165) is 17.7 Å². The molecule has 0 atom stereocenters. The van der Waals surface area contributed by atoms with Crippen molar-refractivity contribution in [3.63, 3.8) is 0 Å². The van der Waals surface area contributed by atoms with Crippen molar-refractivity contribution >= 4 is 23.2 Å². The molecule has 1 heterocycles. The zero-order chi connectivity index (χ0) is 17.3. The molecule has 7 heteroatoms. The molecule has 0 radical (unpaired) electrons. The molecule has 4 nitrogen and oxygen atoms in total. The lowest BCUT2D eigenvalue weighted by Crippen LogP contribution is -2.39. The summed E-state index contributed by atoms with van der Waals surface area (Å²) in [6, 6.07) is 11.7. The normalized spacial score (nSPS) is 13.5. The smallest absolute Gasteiger partial charge is 0.317 e. The number of rotatable bonds is 1. The highest BCUT2D eigenvalue weighted by Gasteiger charge is 2.35. The van der Waals surface area contributed by atoms with Gasteiger partial charge in [0.15, 0.2) is 0 Å². The maximum absolute atomic E-state index is 13.0. The monoisotopic (exact) mass is 334 g/mol. The number of nitrogens with one attached hydrogen (secondary N) is 1. The molecule has 2 amide bonds. The first-order valence-electron chi connectivity index (χ1n) is 7.25. The van der Waals surface area contributed by atoms with Crippen LogP contribution in [0.4, 0.5) is 24.5 Å². The molecule has 1 aliphatic rings. The molecule has 0 aliphatic carbocycles. The second kappa shape index (κ2) is 5.99. The predicted molar refractivity (Wildman–Crippen MR) is 82.6 cm³/mol.